The molecule has 0 radical (unpaired) electrons. The third-order valence-corrected chi connectivity index (χ3v) is 4.13. The first-order valence-corrected chi connectivity index (χ1v) is 5.64. The maximum Gasteiger partial charge on any atom is 0.118 e. The van der Waals surface area contributed by atoms with E-state index >= 15 is 0 Å². The molecule has 0 aliphatic heterocycles. The lowest BCUT2D eigenvalue weighted by atomic mass is 9.86. The highest BCUT2D eigenvalue weighted by atomic mass is 16.5. The first-order chi connectivity index (χ1) is 7.20. The van der Waals surface area contributed by atoms with Crippen LogP contribution in [0.25, 0.3) is 0 Å². The van der Waals surface area contributed by atoms with Crippen molar-refractivity contribution >= 4 is 0 Å². The van der Waals surface area contributed by atoms with Crippen LogP contribution < -0.4 is 10.5 Å². The molecule has 0 spiro atoms. The van der Waals surface area contributed by atoms with Gasteiger partial charge in [0.15, 0.2) is 0 Å². The van der Waals surface area contributed by atoms with E-state index < -0.39 is 0 Å². The first-order valence-electron chi connectivity index (χ1n) is 5.64. The molecular formula is C13H17NO. The summed E-state index contributed by atoms with van der Waals surface area (Å²) in [6, 6.07) is 8.44. The lowest BCUT2D eigenvalue weighted by molar-refractivity contribution is 0.414. The Morgan fingerprint density at radius 2 is 1.67 bits per heavy atom. The number of benzene rings is 1. The summed E-state index contributed by atoms with van der Waals surface area (Å²) in [5, 5.41) is 0. The summed E-state index contributed by atoms with van der Waals surface area (Å²) in [7, 11) is 1.70. The van der Waals surface area contributed by atoms with Crippen molar-refractivity contribution in [1.82, 2.24) is 0 Å². The monoisotopic (exact) mass is 203 g/mol. The fourth-order valence-corrected chi connectivity index (χ4v) is 2.72. The molecule has 2 nitrogen and oxygen atoms in total. The second kappa shape index (κ2) is 2.76. The molecule has 2 saturated carbocycles. The van der Waals surface area contributed by atoms with E-state index in [1.807, 2.05) is 12.1 Å². The molecule has 0 saturated heterocycles. The van der Waals surface area contributed by atoms with Gasteiger partial charge in [-0.3, -0.25) is 0 Å². The third kappa shape index (κ3) is 1.21. The fraction of sp³-hybridized carbons (Fsp3) is 0.538. The summed E-state index contributed by atoms with van der Waals surface area (Å²) >= 11 is 0. The number of ether oxygens (including phenoxy) is 1. The van der Waals surface area contributed by atoms with Crippen molar-refractivity contribution in [2.24, 2.45) is 5.73 Å². The number of rotatable bonds is 3. The Balaban J connectivity index is 1.93. The van der Waals surface area contributed by atoms with Gasteiger partial charge in [0, 0.05) is 11.0 Å². The van der Waals surface area contributed by atoms with Crippen molar-refractivity contribution in [3.63, 3.8) is 0 Å². The second-order valence-electron chi connectivity index (χ2n) is 4.97. The van der Waals surface area contributed by atoms with Crippen LogP contribution in [0.2, 0.25) is 0 Å². The van der Waals surface area contributed by atoms with Gasteiger partial charge in [0.25, 0.3) is 0 Å². The average molecular weight is 203 g/mol. The normalized spacial score (nSPS) is 24.7. The summed E-state index contributed by atoms with van der Waals surface area (Å²) in [5.41, 5.74) is 8.18. The third-order valence-electron chi connectivity index (χ3n) is 4.13. The summed E-state index contributed by atoms with van der Waals surface area (Å²) in [6.45, 7) is 0. The van der Waals surface area contributed by atoms with Crippen LogP contribution in [0.5, 0.6) is 5.75 Å². The molecule has 1 aromatic carbocycles. The van der Waals surface area contributed by atoms with E-state index in [0.717, 1.165) is 5.75 Å². The van der Waals surface area contributed by atoms with Crippen LogP contribution in [0, 0.1) is 0 Å². The molecule has 0 bridgehead atoms. The Hall–Kier alpha value is -1.02. The van der Waals surface area contributed by atoms with Crippen molar-refractivity contribution in [2.75, 3.05) is 7.11 Å². The molecule has 80 valence electrons. The Morgan fingerprint density at radius 3 is 2.07 bits per heavy atom. The highest BCUT2D eigenvalue weighted by Crippen LogP contribution is 2.63. The quantitative estimate of drug-likeness (QED) is 0.817. The fourth-order valence-electron chi connectivity index (χ4n) is 2.72. The van der Waals surface area contributed by atoms with Gasteiger partial charge in [-0.05, 0) is 43.4 Å². The van der Waals surface area contributed by atoms with Crippen LogP contribution >= 0.6 is 0 Å². The van der Waals surface area contributed by atoms with Crippen LogP contribution in [0.1, 0.15) is 31.2 Å². The number of nitrogens with two attached hydrogens (primary N) is 1. The van der Waals surface area contributed by atoms with Gasteiger partial charge in [0.05, 0.1) is 7.11 Å². The first kappa shape index (κ1) is 9.22. The van der Waals surface area contributed by atoms with Gasteiger partial charge in [-0.15, -0.1) is 0 Å². The van der Waals surface area contributed by atoms with E-state index in [-0.39, 0.29) is 5.54 Å². The van der Waals surface area contributed by atoms with Gasteiger partial charge in [0.1, 0.15) is 5.75 Å². The van der Waals surface area contributed by atoms with Gasteiger partial charge >= 0.3 is 0 Å². The van der Waals surface area contributed by atoms with Crippen LogP contribution in [0.15, 0.2) is 24.3 Å². The smallest absolute Gasteiger partial charge is 0.118 e. The average Bonchev–Trinajstić information content (AvgIpc) is 3.13. The van der Waals surface area contributed by atoms with E-state index in [0.29, 0.717) is 5.41 Å². The van der Waals surface area contributed by atoms with E-state index in [9.17, 15) is 0 Å². The van der Waals surface area contributed by atoms with Gasteiger partial charge in [-0.25, -0.2) is 0 Å². The molecule has 2 aliphatic carbocycles. The summed E-state index contributed by atoms with van der Waals surface area (Å²) in [5.74, 6) is 0.927. The predicted molar refractivity (Wildman–Crippen MR) is 60.1 cm³/mol. The van der Waals surface area contributed by atoms with Crippen molar-refractivity contribution in [3.05, 3.63) is 29.8 Å². The van der Waals surface area contributed by atoms with Crippen molar-refractivity contribution in [3.8, 4) is 5.75 Å². The van der Waals surface area contributed by atoms with Crippen LogP contribution in [0.4, 0.5) is 0 Å². The van der Waals surface area contributed by atoms with E-state index in [4.69, 9.17) is 10.5 Å². The molecule has 3 rings (SSSR count). The standard InChI is InChI=1S/C13H17NO/c1-15-11-4-2-10(3-5-11)12(6-7-12)13(14)8-9-13/h2-5H,6-9,14H2,1H3. The number of methoxy groups -OCH3 is 1. The molecular weight excluding hydrogens is 186 g/mol. The van der Waals surface area contributed by atoms with Gasteiger partial charge in [-0.1, -0.05) is 12.1 Å². The molecule has 2 aliphatic rings. The Bertz CT molecular complexity index is 374. The minimum atomic E-state index is 0.113. The van der Waals surface area contributed by atoms with Crippen LogP contribution in [-0.2, 0) is 5.41 Å². The Labute approximate surface area is 90.4 Å². The lowest BCUT2D eigenvalue weighted by Crippen LogP contribution is -2.37. The van der Waals surface area contributed by atoms with E-state index in [1.165, 1.54) is 31.2 Å². The zero-order valence-corrected chi connectivity index (χ0v) is 9.12. The zero-order chi connectivity index (χ0) is 10.5. The van der Waals surface area contributed by atoms with Crippen LogP contribution in [-0.4, -0.2) is 12.6 Å². The van der Waals surface area contributed by atoms with Crippen molar-refractivity contribution < 1.29 is 4.74 Å². The maximum absolute atomic E-state index is 6.36. The molecule has 0 aromatic heterocycles. The summed E-state index contributed by atoms with van der Waals surface area (Å²) < 4.78 is 5.17. The molecule has 1 aromatic rings. The maximum atomic E-state index is 6.36. The van der Waals surface area contributed by atoms with Crippen molar-refractivity contribution in [2.45, 2.75) is 36.6 Å². The molecule has 0 unspecified atom stereocenters. The largest absolute Gasteiger partial charge is 0.497 e. The molecule has 2 heteroatoms. The molecule has 2 fully saturated rings. The van der Waals surface area contributed by atoms with Crippen molar-refractivity contribution in [1.29, 1.82) is 0 Å². The topological polar surface area (TPSA) is 35.2 Å². The van der Waals surface area contributed by atoms with Gasteiger partial charge in [0.2, 0.25) is 0 Å². The molecule has 0 amide bonds. The minimum absolute atomic E-state index is 0.113. The molecule has 2 N–H and O–H groups in total. The van der Waals surface area contributed by atoms with E-state index in [2.05, 4.69) is 12.1 Å². The number of hydrogen-bond acceptors (Lipinski definition) is 2. The highest BCUT2D eigenvalue weighted by Gasteiger charge is 2.63. The second-order valence-corrected chi connectivity index (χ2v) is 4.97. The highest BCUT2D eigenvalue weighted by molar-refractivity contribution is 5.42. The Kier molecular flexibility index (Phi) is 1.70. The summed E-state index contributed by atoms with van der Waals surface area (Å²) in [6.07, 6.45) is 4.91. The van der Waals surface area contributed by atoms with Gasteiger partial charge in [-0.2, -0.15) is 0 Å². The molecule has 0 heterocycles. The number of hydrogen-bond donors (Lipinski definition) is 1. The van der Waals surface area contributed by atoms with Gasteiger partial charge < -0.3 is 10.5 Å². The van der Waals surface area contributed by atoms with Crippen LogP contribution in [0.3, 0.4) is 0 Å². The molecule has 15 heavy (non-hydrogen) atoms. The SMILES string of the molecule is COc1ccc(C2(C3(N)CC3)CC2)cc1. The van der Waals surface area contributed by atoms with E-state index in [1.54, 1.807) is 7.11 Å². The minimum Gasteiger partial charge on any atom is -0.497 e. The Morgan fingerprint density at radius 1 is 1.07 bits per heavy atom. The zero-order valence-electron chi connectivity index (χ0n) is 9.12. The summed E-state index contributed by atoms with van der Waals surface area (Å²) in [4.78, 5) is 0. The molecule has 0 atom stereocenters. The predicted octanol–water partition coefficient (Wildman–Crippen LogP) is 2.22. The lowest BCUT2D eigenvalue weighted by Gasteiger charge is -2.23.